The van der Waals surface area contributed by atoms with Gasteiger partial charge in [-0.3, -0.25) is 0 Å². The minimum Gasteiger partial charge on any atom is -0.367 e. The minimum absolute atomic E-state index is 0.552. The summed E-state index contributed by atoms with van der Waals surface area (Å²) in [5.74, 6) is 0.830. The van der Waals surface area contributed by atoms with Gasteiger partial charge in [-0.1, -0.05) is 0 Å². The van der Waals surface area contributed by atoms with Crippen molar-refractivity contribution in [1.82, 2.24) is 15.2 Å². The molecular formula is C13H23N3. The minimum atomic E-state index is 0.552. The summed E-state index contributed by atoms with van der Waals surface area (Å²) in [6, 6.07) is 2.75. The summed E-state index contributed by atoms with van der Waals surface area (Å²) in [7, 11) is 4.35. The molecule has 1 saturated heterocycles. The van der Waals surface area contributed by atoms with Crippen LogP contribution in [0.3, 0.4) is 0 Å². The lowest BCUT2D eigenvalue weighted by Gasteiger charge is -2.30. The van der Waals surface area contributed by atoms with Crippen LogP contribution >= 0.6 is 0 Å². The summed E-state index contributed by atoms with van der Waals surface area (Å²) in [5.41, 5.74) is 1.41. The van der Waals surface area contributed by atoms with Gasteiger partial charge in [-0.15, -0.1) is 0 Å². The van der Waals surface area contributed by atoms with E-state index in [-0.39, 0.29) is 0 Å². The Morgan fingerprint density at radius 3 is 2.94 bits per heavy atom. The monoisotopic (exact) mass is 221 g/mol. The van der Waals surface area contributed by atoms with Crippen molar-refractivity contribution in [3.8, 4) is 0 Å². The van der Waals surface area contributed by atoms with Gasteiger partial charge in [0.2, 0.25) is 0 Å². The van der Waals surface area contributed by atoms with Crippen molar-refractivity contribution in [3.05, 3.63) is 24.0 Å². The molecular weight excluding hydrogens is 198 g/mol. The molecule has 16 heavy (non-hydrogen) atoms. The van der Waals surface area contributed by atoms with E-state index in [1.54, 1.807) is 0 Å². The van der Waals surface area contributed by atoms with Crippen LogP contribution in [0.2, 0.25) is 0 Å². The van der Waals surface area contributed by atoms with Crippen LogP contribution in [0.5, 0.6) is 0 Å². The lowest BCUT2D eigenvalue weighted by atomic mass is 9.90. The molecule has 0 spiro atoms. The van der Waals surface area contributed by atoms with E-state index in [1.165, 1.54) is 37.9 Å². The van der Waals surface area contributed by atoms with E-state index in [4.69, 9.17) is 0 Å². The average molecular weight is 221 g/mol. The van der Waals surface area contributed by atoms with Gasteiger partial charge >= 0.3 is 0 Å². The molecule has 2 rings (SSSR count). The first-order valence-electron chi connectivity index (χ1n) is 6.27. The molecule has 0 radical (unpaired) electrons. The van der Waals surface area contributed by atoms with Crippen LogP contribution in [0.4, 0.5) is 0 Å². The number of H-pyrrole nitrogens is 1. The second-order valence-corrected chi connectivity index (χ2v) is 5.07. The number of nitrogens with zero attached hydrogens (tertiary/aromatic N) is 1. The molecule has 90 valence electrons. The van der Waals surface area contributed by atoms with Crippen molar-refractivity contribution < 1.29 is 0 Å². The summed E-state index contributed by atoms with van der Waals surface area (Å²) in [5, 5.41) is 3.50. The first kappa shape index (κ1) is 11.7. The largest absolute Gasteiger partial charge is 0.367 e. The fraction of sp³-hybridized carbons (Fsp3) is 0.692. The molecule has 1 aliphatic heterocycles. The smallest absolute Gasteiger partial charge is 0.0360 e. The third kappa shape index (κ3) is 2.86. The zero-order chi connectivity index (χ0) is 11.4. The van der Waals surface area contributed by atoms with Gasteiger partial charge in [0.25, 0.3) is 0 Å². The molecule has 1 aromatic rings. The number of piperidine rings is 1. The van der Waals surface area contributed by atoms with Crippen molar-refractivity contribution >= 4 is 0 Å². The molecule has 0 saturated carbocycles. The van der Waals surface area contributed by atoms with Crippen molar-refractivity contribution in [2.24, 2.45) is 5.92 Å². The van der Waals surface area contributed by atoms with Crippen LogP contribution in [-0.4, -0.2) is 37.1 Å². The number of rotatable bonds is 4. The third-order valence-electron chi connectivity index (χ3n) is 3.59. The Hall–Kier alpha value is -0.800. The average Bonchev–Trinajstić information content (AvgIpc) is 2.80. The Balaban J connectivity index is 1.97. The Bertz CT molecular complexity index is 286. The summed E-state index contributed by atoms with van der Waals surface area (Å²) in [6.45, 7) is 2.39. The lowest BCUT2D eigenvalue weighted by molar-refractivity contribution is 0.226. The first-order chi connectivity index (χ1) is 7.77. The van der Waals surface area contributed by atoms with Crippen LogP contribution in [-0.2, 0) is 0 Å². The molecule has 2 N–H and O–H groups in total. The van der Waals surface area contributed by atoms with Crippen molar-refractivity contribution in [3.63, 3.8) is 0 Å². The topological polar surface area (TPSA) is 31.1 Å². The molecule has 1 aromatic heterocycles. The van der Waals surface area contributed by atoms with E-state index in [2.05, 4.69) is 41.6 Å². The van der Waals surface area contributed by atoms with Gasteiger partial charge in [-0.05, 0) is 64.0 Å². The Morgan fingerprint density at radius 1 is 1.50 bits per heavy atom. The summed E-state index contributed by atoms with van der Waals surface area (Å²) in [6.07, 6.45) is 8.11. The molecule has 1 fully saturated rings. The highest BCUT2D eigenvalue weighted by molar-refractivity contribution is 5.14. The Labute approximate surface area is 98.2 Å². The molecule has 2 heterocycles. The molecule has 3 nitrogen and oxygen atoms in total. The second-order valence-electron chi connectivity index (χ2n) is 5.07. The maximum atomic E-state index is 3.50. The van der Waals surface area contributed by atoms with Gasteiger partial charge in [0, 0.05) is 18.4 Å². The van der Waals surface area contributed by atoms with E-state index >= 15 is 0 Å². The van der Waals surface area contributed by atoms with E-state index in [0.29, 0.717) is 6.04 Å². The Kier molecular flexibility index (Phi) is 4.02. The predicted octanol–water partition coefficient (Wildman–Crippen LogP) is 2.01. The molecule has 0 amide bonds. The predicted molar refractivity (Wildman–Crippen MR) is 67.4 cm³/mol. The number of aromatic amines is 1. The van der Waals surface area contributed by atoms with Crippen LogP contribution in [0.15, 0.2) is 18.5 Å². The van der Waals surface area contributed by atoms with Crippen molar-refractivity contribution in [2.45, 2.75) is 25.3 Å². The highest BCUT2D eigenvalue weighted by Crippen LogP contribution is 2.28. The summed E-state index contributed by atoms with van der Waals surface area (Å²) in [4.78, 5) is 5.49. The molecule has 0 bridgehead atoms. The highest BCUT2D eigenvalue weighted by Gasteiger charge is 2.21. The van der Waals surface area contributed by atoms with Gasteiger partial charge in [-0.2, -0.15) is 0 Å². The van der Waals surface area contributed by atoms with Crippen LogP contribution in [0, 0.1) is 5.92 Å². The molecule has 2 atom stereocenters. The quantitative estimate of drug-likeness (QED) is 0.815. The second kappa shape index (κ2) is 5.51. The lowest BCUT2D eigenvalue weighted by Crippen LogP contribution is -2.32. The molecule has 2 unspecified atom stereocenters. The van der Waals surface area contributed by atoms with Crippen LogP contribution < -0.4 is 5.32 Å². The fourth-order valence-corrected chi connectivity index (χ4v) is 2.63. The third-order valence-corrected chi connectivity index (χ3v) is 3.59. The number of nitrogens with one attached hydrogen (secondary N) is 2. The number of aromatic nitrogens is 1. The van der Waals surface area contributed by atoms with Crippen molar-refractivity contribution in [1.29, 1.82) is 0 Å². The van der Waals surface area contributed by atoms with Gasteiger partial charge in [-0.25, -0.2) is 0 Å². The van der Waals surface area contributed by atoms with Gasteiger partial charge in [0.1, 0.15) is 0 Å². The van der Waals surface area contributed by atoms with Gasteiger partial charge in [0.05, 0.1) is 0 Å². The zero-order valence-electron chi connectivity index (χ0n) is 10.4. The number of hydrogen-bond acceptors (Lipinski definition) is 2. The van der Waals surface area contributed by atoms with E-state index in [0.717, 1.165) is 5.92 Å². The molecule has 0 aromatic carbocycles. The van der Waals surface area contributed by atoms with E-state index < -0.39 is 0 Å². The van der Waals surface area contributed by atoms with Gasteiger partial charge in [0.15, 0.2) is 0 Å². The SMILES string of the molecule is CN(C)C(CC1CCCNC1)c1cc[nH]c1. The molecule has 3 heteroatoms. The van der Waals surface area contributed by atoms with Gasteiger partial charge < -0.3 is 15.2 Å². The summed E-state index contributed by atoms with van der Waals surface area (Å²) < 4.78 is 0. The molecule has 0 aliphatic carbocycles. The summed E-state index contributed by atoms with van der Waals surface area (Å²) >= 11 is 0. The maximum Gasteiger partial charge on any atom is 0.0360 e. The van der Waals surface area contributed by atoms with Crippen LogP contribution in [0.25, 0.3) is 0 Å². The van der Waals surface area contributed by atoms with E-state index in [9.17, 15) is 0 Å². The van der Waals surface area contributed by atoms with Crippen LogP contribution in [0.1, 0.15) is 30.9 Å². The fourth-order valence-electron chi connectivity index (χ4n) is 2.63. The normalized spacial score (nSPS) is 23.6. The maximum absolute atomic E-state index is 3.50. The highest BCUT2D eigenvalue weighted by atomic mass is 15.1. The zero-order valence-corrected chi connectivity index (χ0v) is 10.4. The van der Waals surface area contributed by atoms with Crippen molar-refractivity contribution in [2.75, 3.05) is 27.2 Å². The first-order valence-corrected chi connectivity index (χ1v) is 6.27. The standard InChI is InChI=1S/C13H23N3/c1-16(2)13(12-5-7-15-10-12)8-11-4-3-6-14-9-11/h5,7,10-11,13-15H,3-4,6,8-9H2,1-2H3. The molecule has 1 aliphatic rings. The Morgan fingerprint density at radius 2 is 2.38 bits per heavy atom. The number of hydrogen-bond donors (Lipinski definition) is 2. The van der Waals surface area contributed by atoms with E-state index in [1.807, 2.05) is 6.20 Å².